The SMILES string of the molecule is Cl.Nc1ccc2c(c1)CCCC2NS(=O)(=O)c1ccc(Br)cc1. The monoisotopic (exact) mass is 416 g/mol. The highest BCUT2D eigenvalue weighted by atomic mass is 79.9. The first kappa shape index (κ1) is 18.3. The standard InChI is InChI=1S/C16H17BrN2O2S.ClH/c17-12-4-7-14(8-5-12)22(20,21)19-16-3-1-2-11-10-13(18)6-9-15(11)16;/h4-10,16,19H,1-3,18H2;1H. The number of anilines is 1. The molecule has 1 aliphatic rings. The van der Waals surface area contributed by atoms with Gasteiger partial charge in [0.05, 0.1) is 4.90 Å². The molecule has 0 radical (unpaired) electrons. The molecule has 3 N–H and O–H groups in total. The number of rotatable bonds is 3. The number of halogens is 2. The van der Waals surface area contributed by atoms with E-state index in [1.54, 1.807) is 24.3 Å². The average Bonchev–Trinajstić information content (AvgIpc) is 2.47. The van der Waals surface area contributed by atoms with Crippen LogP contribution in [0.4, 0.5) is 5.69 Å². The van der Waals surface area contributed by atoms with E-state index in [0.717, 1.165) is 40.5 Å². The van der Waals surface area contributed by atoms with E-state index in [-0.39, 0.29) is 23.3 Å². The Morgan fingerprint density at radius 1 is 1.13 bits per heavy atom. The van der Waals surface area contributed by atoms with Gasteiger partial charge in [-0.1, -0.05) is 22.0 Å². The number of nitrogens with two attached hydrogens (primary N) is 1. The van der Waals surface area contributed by atoms with Crippen molar-refractivity contribution in [1.82, 2.24) is 4.72 Å². The van der Waals surface area contributed by atoms with Gasteiger partial charge in [-0.3, -0.25) is 0 Å². The van der Waals surface area contributed by atoms with Crippen LogP contribution in [0.1, 0.15) is 30.0 Å². The van der Waals surface area contributed by atoms with Gasteiger partial charge in [-0.25, -0.2) is 13.1 Å². The van der Waals surface area contributed by atoms with Crippen molar-refractivity contribution in [1.29, 1.82) is 0 Å². The third-order valence-electron chi connectivity index (χ3n) is 3.90. The van der Waals surface area contributed by atoms with Crippen LogP contribution >= 0.6 is 28.3 Å². The Hall–Kier alpha value is -1.08. The Labute approximate surface area is 151 Å². The second-order valence-electron chi connectivity index (χ2n) is 5.48. The molecule has 2 aromatic rings. The zero-order chi connectivity index (χ0) is 15.7. The molecule has 3 rings (SSSR count). The summed E-state index contributed by atoms with van der Waals surface area (Å²) in [5.74, 6) is 0. The maximum Gasteiger partial charge on any atom is 0.241 e. The fourth-order valence-corrected chi connectivity index (χ4v) is 4.34. The van der Waals surface area contributed by atoms with E-state index in [2.05, 4.69) is 20.7 Å². The normalized spacial score (nSPS) is 17.2. The molecule has 2 aromatic carbocycles. The Morgan fingerprint density at radius 3 is 2.52 bits per heavy atom. The van der Waals surface area contributed by atoms with Crippen LogP contribution in [0, 0.1) is 0 Å². The highest BCUT2D eigenvalue weighted by molar-refractivity contribution is 9.10. The molecule has 0 saturated heterocycles. The van der Waals surface area contributed by atoms with Crippen molar-refractivity contribution in [2.75, 3.05) is 5.73 Å². The molecule has 0 spiro atoms. The van der Waals surface area contributed by atoms with Gasteiger partial charge in [0.2, 0.25) is 10.0 Å². The van der Waals surface area contributed by atoms with Crippen LogP contribution in [0.3, 0.4) is 0 Å². The molecule has 1 unspecified atom stereocenters. The number of hydrogen-bond acceptors (Lipinski definition) is 3. The summed E-state index contributed by atoms with van der Waals surface area (Å²) in [4.78, 5) is 0.276. The second kappa shape index (κ2) is 7.21. The van der Waals surface area contributed by atoms with Crippen molar-refractivity contribution in [3.05, 3.63) is 58.1 Å². The highest BCUT2D eigenvalue weighted by Crippen LogP contribution is 2.32. The quantitative estimate of drug-likeness (QED) is 0.746. The lowest BCUT2D eigenvalue weighted by Crippen LogP contribution is -2.31. The summed E-state index contributed by atoms with van der Waals surface area (Å²) in [5.41, 5.74) is 8.70. The van der Waals surface area contributed by atoms with Crippen LogP contribution in [0.25, 0.3) is 0 Å². The van der Waals surface area contributed by atoms with Crippen LogP contribution in [-0.2, 0) is 16.4 Å². The first-order valence-corrected chi connectivity index (χ1v) is 9.39. The molecule has 124 valence electrons. The van der Waals surface area contributed by atoms with E-state index in [9.17, 15) is 8.42 Å². The van der Waals surface area contributed by atoms with Crippen LogP contribution < -0.4 is 10.5 Å². The maximum absolute atomic E-state index is 12.5. The lowest BCUT2D eigenvalue weighted by Gasteiger charge is -2.26. The molecule has 0 heterocycles. The third kappa shape index (κ3) is 4.07. The lowest BCUT2D eigenvalue weighted by atomic mass is 9.88. The number of sulfonamides is 1. The molecular formula is C16H18BrClN2O2S. The predicted molar refractivity (Wildman–Crippen MR) is 98.2 cm³/mol. The molecular weight excluding hydrogens is 400 g/mol. The molecule has 0 amide bonds. The molecule has 4 nitrogen and oxygen atoms in total. The third-order valence-corrected chi connectivity index (χ3v) is 5.92. The molecule has 1 aliphatic carbocycles. The summed E-state index contributed by atoms with van der Waals surface area (Å²) < 4.78 is 28.7. The maximum atomic E-state index is 12.5. The van der Waals surface area contributed by atoms with E-state index < -0.39 is 10.0 Å². The fourth-order valence-electron chi connectivity index (χ4n) is 2.83. The highest BCUT2D eigenvalue weighted by Gasteiger charge is 2.25. The summed E-state index contributed by atoms with van der Waals surface area (Å²) in [6.07, 6.45) is 2.69. The topological polar surface area (TPSA) is 72.2 Å². The number of benzene rings is 2. The van der Waals surface area contributed by atoms with Gasteiger partial charge in [0.1, 0.15) is 0 Å². The van der Waals surface area contributed by atoms with Gasteiger partial charge in [0.25, 0.3) is 0 Å². The molecule has 0 fully saturated rings. The summed E-state index contributed by atoms with van der Waals surface area (Å²) in [5, 5.41) is 0. The minimum atomic E-state index is -3.53. The first-order chi connectivity index (χ1) is 10.5. The van der Waals surface area contributed by atoms with Crippen molar-refractivity contribution in [3.8, 4) is 0 Å². The molecule has 1 atom stereocenters. The number of aryl methyl sites for hydroxylation is 1. The summed E-state index contributed by atoms with van der Waals surface area (Å²) in [6, 6.07) is 12.1. The zero-order valence-corrected chi connectivity index (χ0v) is 15.5. The van der Waals surface area contributed by atoms with Gasteiger partial charge in [0.15, 0.2) is 0 Å². The molecule has 0 saturated carbocycles. The van der Waals surface area contributed by atoms with E-state index in [1.165, 1.54) is 0 Å². The van der Waals surface area contributed by atoms with Crippen molar-refractivity contribution in [3.63, 3.8) is 0 Å². The molecule has 0 bridgehead atoms. The summed E-state index contributed by atoms with van der Waals surface area (Å²) in [7, 11) is -3.53. The first-order valence-electron chi connectivity index (χ1n) is 7.12. The number of nitrogen functional groups attached to an aromatic ring is 1. The van der Waals surface area contributed by atoms with Gasteiger partial charge in [0, 0.05) is 16.2 Å². The van der Waals surface area contributed by atoms with Gasteiger partial charge >= 0.3 is 0 Å². The van der Waals surface area contributed by atoms with E-state index in [0.29, 0.717) is 0 Å². The van der Waals surface area contributed by atoms with Gasteiger partial charge in [-0.2, -0.15) is 0 Å². The Morgan fingerprint density at radius 2 is 1.83 bits per heavy atom. The van der Waals surface area contributed by atoms with E-state index in [4.69, 9.17) is 5.73 Å². The van der Waals surface area contributed by atoms with Crippen LogP contribution in [0.2, 0.25) is 0 Å². The molecule has 23 heavy (non-hydrogen) atoms. The van der Waals surface area contributed by atoms with Crippen LogP contribution in [0.5, 0.6) is 0 Å². The largest absolute Gasteiger partial charge is 0.399 e. The fraction of sp³-hybridized carbons (Fsp3) is 0.250. The molecule has 0 aromatic heterocycles. The van der Waals surface area contributed by atoms with Crippen molar-refractivity contribution in [2.45, 2.75) is 30.2 Å². The van der Waals surface area contributed by atoms with Crippen LogP contribution in [0.15, 0.2) is 51.8 Å². The van der Waals surface area contributed by atoms with Crippen LogP contribution in [-0.4, -0.2) is 8.42 Å². The van der Waals surface area contributed by atoms with Gasteiger partial charge in [-0.15, -0.1) is 12.4 Å². The average molecular weight is 418 g/mol. The van der Waals surface area contributed by atoms with Crippen molar-refractivity contribution < 1.29 is 8.42 Å². The summed E-state index contributed by atoms with van der Waals surface area (Å²) >= 11 is 3.31. The minimum Gasteiger partial charge on any atom is -0.399 e. The van der Waals surface area contributed by atoms with Gasteiger partial charge < -0.3 is 5.73 Å². The van der Waals surface area contributed by atoms with E-state index in [1.807, 2.05) is 18.2 Å². The lowest BCUT2D eigenvalue weighted by molar-refractivity contribution is 0.507. The smallest absolute Gasteiger partial charge is 0.241 e. The van der Waals surface area contributed by atoms with Gasteiger partial charge in [-0.05, 0) is 66.8 Å². The number of fused-ring (bicyclic) bond motifs is 1. The number of nitrogens with one attached hydrogen (secondary N) is 1. The molecule has 7 heteroatoms. The Balaban J connectivity index is 0.00000192. The predicted octanol–water partition coefficient (Wildman–Crippen LogP) is 3.81. The van der Waals surface area contributed by atoms with Crippen molar-refractivity contribution >= 4 is 44.0 Å². The minimum absolute atomic E-state index is 0. The summed E-state index contributed by atoms with van der Waals surface area (Å²) in [6.45, 7) is 0. The number of hydrogen-bond donors (Lipinski definition) is 2. The Bertz CT molecular complexity index is 794. The zero-order valence-electron chi connectivity index (χ0n) is 12.3. The molecule has 0 aliphatic heterocycles. The Kier molecular flexibility index (Phi) is 5.73. The second-order valence-corrected chi connectivity index (χ2v) is 8.11. The van der Waals surface area contributed by atoms with E-state index >= 15 is 0 Å². The van der Waals surface area contributed by atoms with Crippen molar-refractivity contribution in [2.24, 2.45) is 0 Å².